The van der Waals surface area contributed by atoms with Crippen molar-refractivity contribution in [1.82, 2.24) is 4.90 Å². The maximum Gasteiger partial charge on any atom is 0.119 e. The molecule has 2 heteroatoms. The van der Waals surface area contributed by atoms with Crippen molar-refractivity contribution in [1.29, 1.82) is 0 Å². The molecule has 0 radical (unpaired) electrons. The molecule has 1 atom stereocenters. The first-order valence-corrected chi connectivity index (χ1v) is 8.14. The van der Waals surface area contributed by atoms with E-state index in [1.807, 2.05) is 12.1 Å². The normalized spacial score (nSPS) is 18.2. The van der Waals surface area contributed by atoms with Crippen LogP contribution >= 0.6 is 0 Å². The minimum absolute atomic E-state index is 0.485. The Morgan fingerprint density at radius 1 is 1.25 bits per heavy atom. The summed E-state index contributed by atoms with van der Waals surface area (Å²) in [5.41, 5.74) is 2.54. The van der Waals surface area contributed by atoms with E-state index in [0.29, 0.717) is 23.8 Å². The first-order valence-electron chi connectivity index (χ1n) is 8.14. The molecule has 1 aliphatic rings. The average molecular weight is 275 g/mol. The van der Waals surface area contributed by atoms with Crippen molar-refractivity contribution in [2.24, 2.45) is 5.92 Å². The summed E-state index contributed by atoms with van der Waals surface area (Å²) in [5, 5.41) is 10.0. The minimum atomic E-state index is 0.485. The van der Waals surface area contributed by atoms with Gasteiger partial charge >= 0.3 is 0 Å². The molecular formula is C18H29NO. The molecule has 0 fully saturated rings. The molecule has 0 aromatic heterocycles. The van der Waals surface area contributed by atoms with Crippen molar-refractivity contribution < 1.29 is 5.11 Å². The highest BCUT2D eigenvalue weighted by Gasteiger charge is 2.32. The maximum atomic E-state index is 10.0. The maximum absolute atomic E-state index is 10.0. The number of benzene rings is 1. The van der Waals surface area contributed by atoms with Crippen LogP contribution in [0.3, 0.4) is 0 Å². The van der Waals surface area contributed by atoms with Crippen molar-refractivity contribution >= 4 is 0 Å². The number of rotatable bonds is 6. The van der Waals surface area contributed by atoms with Gasteiger partial charge in [0.25, 0.3) is 0 Å². The molecule has 0 amide bonds. The Bertz CT molecular complexity index is 437. The van der Waals surface area contributed by atoms with E-state index in [-0.39, 0.29) is 0 Å². The highest BCUT2D eigenvalue weighted by Crippen LogP contribution is 2.41. The molecule has 0 spiro atoms. The second-order valence-electron chi connectivity index (χ2n) is 6.46. The molecule has 1 N–H and O–H groups in total. The molecule has 0 bridgehead atoms. The van der Waals surface area contributed by atoms with Gasteiger partial charge in [-0.3, -0.25) is 4.90 Å². The Balaban J connectivity index is 2.30. The van der Waals surface area contributed by atoms with Crippen LogP contribution < -0.4 is 0 Å². The smallest absolute Gasteiger partial charge is 0.119 e. The molecule has 2 nitrogen and oxygen atoms in total. The molecule has 1 unspecified atom stereocenters. The van der Waals surface area contributed by atoms with Crippen molar-refractivity contribution in [3.63, 3.8) is 0 Å². The zero-order valence-corrected chi connectivity index (χ0v) is 13.4. The van der Waals surface area contributed by atoms with Crippen molar-refractivity contribution in [2.45, 2.75) is 65.5 Å². The highest BCUT2D eigenvalue weighted by molar-refractivity contribution is 5.44. The molecule has 1 aliphatic carbocycles. The summed E-state index contributed by atoms with van der Waals surface area (Å²) in [6.45, 7) is 10.3. The van der Waals surface area contributed by atoms with E-state index in [1.165, 1.54) is 24.0 Å². The molecular weight excluding hydrogens is 246 g/mol. The van der Waals surface area contributed by atoms with E-state index in [0.717, 1.165) is 19.4 Å². The van der Waals surface area contributed by atoms with Crippen LogP contribution in [0, 0.1) is 5.92 Å². The van der Waals surface area contributed by atoms with Crippen LogP contribution in [0.15, 0.2) is 18.2 Å². The highest BCUT2D eigenvalue weighted by atomic mass is 16.3. The fraction of sp³-hybridized carbons (Fsp3) is 0.667. The summed E-state index contributed by atoms with van der Waals surface area (Å²) < 4.78 is 0. The summed E-state index contributed by atoms with van der Waals surface area (Å²) in [6, 6.07) is 7.17. The predicted molar refractivity (Wildman–Crippen MR) is 85.1 cm³/mol. The van der Waals surface area contributed by atoms with Gasteiger partial charge in [-0.05, 0) is 48.8 Å². The minimum Gasteiger partial charge on any atom is -0.508 e. The van der Waals surface area contributed by atoms with Crippen molar-refractivity contribution in [3.05, 3.63) is 29.3 Å². The van der Waals surface area contributed by atoms with Gasteiger partial charge in [0.05, 0.1) is 0 Å². The van der Waals surface area contributed by atoms with Crippen LogP contribution in [0.5, 0.6) is 5.75 Å². The lowest BCUT2D eigenvalue weighted by Crippen LogP contribution is -2.39. The lowest BCUT2D eigenvalue weighted by molar-refractivity contribution is 0.109. The Kier molecular flexibility index (Phi) is 5.09. The third-order valence-corrected chi connectivity index (χ3v) is 4.60. The van der Waals surface area contributed by atoms with Crippen molar-refractivity contribution in [2.75, 3.05) is 6.54 Å². The monoisotopic (exact) mass is 275 g/mol. The van der Waals surface area contributed by atoms with Crippen LogP contribution in [0.2, 0.25) is 0 Å². The summed E-state index contributed by atoms with van der Waals surface area (Å²) in [6.07, 6.45) is 4.57. The van der Waals surface area contributed by atoms with Gasteiger partial charge in [0.1, 0.15) is 5.75 Å². The number of fused-ring (bicyclic) bond motifs is 1. The van der Waals surface area contributed by atoms with Crippen LogP contribution in [-0.2, 0) is 6.42 Å². The molecule has 112 valence electrons. The number of hydrogen-bond acceptors (Lipinski definition) is 2. The summed E-state index contributed by atoms with van der Waals surface area (Å²) in [7, 11) is 0. The fourth-order valence-corrected chi connectivity index (χ4v) is 3.67. The molecule has 0 saturated carbocycles. The van der Waals surface area contributed by atoms with E-state index < -0.39 is 0 Å². The number of aromatic hydroxyl groups is 1. The second-order valence-corrected chi connectivity index (χ2v) is 6.46. The summed E-state index contributed by atoms with van der Waals surface area (Å²) in [4.78, 5) is 2.69. The molecule has 1 aromatic rings. The zero-order chi connectivity index (χ0) is 14.7. The first kappa shape index (κ1) is 15.4. The number of phenolic OH excluding ortho intramolecular Hbond substituents is 1. The molecule has 20 heavy (non-hydrogen) atoms. The topological polar surface area (TPSA) is 23.5 Å². The third kappa shape index (κ3) is 3.01. The molecule has 2 rings (SSSR count). The molecule has 0 aliphatic heterocycles. The predicted octanol–water partition coefficient (Wildman–Crippen LogP) is 4.53. The van der Waals surface area contributed by atoms with Crippen molar-refractivity contribution in [3.8, 4) is 5.75 Å². The Labute approximate surface area is 123 Å². The van der Waals surface area contributed by atoms with Gasteiger partial charge in [0, 0.05) is 18.6 Å². The van der Waals surface area contributed by atoms with Gasteiger partial charge in [-0.15, -0.1) is 0 Å². The fourth-order valence-electron chi connectivity index (χ4n) is 3.67. The molecule has 1 aromatic carbocycles. The molecule has 0 saturated heterocycles. The van der Waals surface area contributed by atoms with Crippen LogP contribution in [0.4, 0.5) is 0 Å². The van der Waals surface area contributed by atoms with E-state index in [4.69, 9.17) is 0 Å². The second kappa shape index (κ2) is 6.62. The van der Waals surface area contributed by atoms with Gasteiger partial charge in [-0.25, -0.2) is 0 Å². The van der Waals surface area contributed by atoms with E-state index in [9.17, 15) is 5.11 Å². The quantitative estimate of drug-likeness (QED) is 0.824. The number of phenols is 1. The van der Waals surface area contributed by atoms with Gasteiger partial charge < -0.3 is 5.11 Å². The lowest BCUT2D eigenvalue weighted by Gasteiger charge is -2.37. The number of nitrogens with zero attached hydrogens (tertiary/aromatic N) is 1. The van der Waals surface area contributed by atoms with Gasteiger partial charge in [0.2, 0.25) is 0 Å². The van der Waals surface area contributed by atoms with Gasteiger partial charge in [-0.2, -0.15) is 0 Å². The van der Waals surface area contributed by atoms with Gasteiger partial charge in [-0.1, -0.05) is 39.8 Å². The van der Waals surface area contributed by atoms with E-state index >= 15 is 0 Å². The third-order valence-electron chi connectivity index (χ3n) is 4.60. The standard InChI is InChI=1S/C18H29NO/c1-5-14(6-2)19(12-13(3)4)17-11-10-16-15(17)8-7-9-18(16)20/h7-9,13-14,17,20H,5-6,10-12H2,1-4H3. The Morgan fingerprint density at radius 2 is 1.95 bits per heavy atom. The lowest BCUT2D eigenvalue weighted by atomic mass is 10.00. The summed E-state index contributed by atoms with van der Waals surface area (Å²) in [5.74, 6) is 1.16. The zero-order valence-electron chi connectivity index (χ0n) is 13.4. The van der Waals surface area contributed by atoms with E-state index in [1.54, 1.807) is 0 Å². The molecule has 0 heterocycles. The largest absolute Gasteiger partial charge is 0.508 e. The van der Waals surface area contributed by atoms with Crippen LogP contribution in [0.1, 0.15) is 64.1 Å². The first-order chi connectivity index (χ1) is 9.58. The van der Waals surface area contributed by atoms with Gasteiger partial charge in [0.15, 0.2) is 0 Å². The van der Waals surface area contributed by atoms with Crippen LogP contribution in [-0.4, -0.2) is 22.6 Å². The number of hydrogen-bond donors (Lipinski definition) is 1. The van der Waals surface area contributed by atoms with E-state index in [2.05, 4.69) is 38.7 Å². The Morgan fingerprint density at radius 3 is 2.55 bits per heavy atom. The summed E-state index contributed by atoms with van der Waals surface area (Å²) >= 11 is 0. The average Bonchev–Trinajstić information content (AvgIpc) is 2.83. The Hall–Kier alpha value is -1.02. The SMILES string of the molecule is CCC(CC)N(CC(C)C)C1CCc2c(O)cccc21. The van der Waals surface area contributed by atoms with Crippen LogP contribution in [0.25, 0.3) is 0 Å².